The van der Waals surface area contributed by atoms with Gasteiger partial charge in [-0.3, -0.25) is 0 Å². The van der Waals surface area contributed by atoms with Crippen LogP contribution in [0.15, 0.2) is 44.9 Å². The maximum Gasteiger partial charge on any atom is 0.127 e. The normalized spacial score (nSPS) is 10.4. The molecule has 0 spiro atoms. The van der Waals surface area contributed by atoms with Crippen LogP contribution in [0, 0.1) is 6.92 Å². The lowest BCUT2D eigenvalue weighted by Gasteiger charge is -2.04. The van der Waals surface area contributed by atoms with Gasteiger partial charge in [0.2, 0.25) is 0 Å². The Morgan fingerprint density at radius 3 is 2.94 bits per heavy atom. The second kappa shape index (κ2) is 5.07. The zero-order valence-corrected chi connectivity index (χ0v) is 10.2. The summed E-state index contributed by atoms with van der Waals surface area (Å²) in [5.41, 5.74) is 0. The number of hydrogen-bond acceptors (Lipinski definition) is 4. The van der Waals surface area contributed by atoms with Gasteiger partial charge in [-0.25, -0.2) is 4.98 Å². The zero-order chi connectivity index (χ0) is 11.4. The van der Waals surface area contributed by atoms with Gasteiger partial charge >= 0.3 is 0 Å². The highest BCUT2D eigenvalue weighted by molar-refractivity contribution is 7.99. The molecule has 0 bridgehead atoms. The minimum atomic E-state index is 0.881. The van der Waals surface area contributed by atoms with E-state index in [0.717, 1.165) is 28.0 Å². The highest BCUT2D eigenvalue weighted by Gasteiger charge is 2.05. The summed E-state index contributed by atoms with van der Waals surface area (Å²) in [6.07, 6.45) is 1.70. The zero-order valence-electron chi connectivity index (χ0n) is 9.36. The smallest absolute Gasteiger partial charge is 0.127 e. The van der Waals surface area contributed by atoms with Crippen molar-refractivity contribution in [2.24, 2.45) is 0 Å². The van der Waals surface area contributed by atoms with Crippen molar-refractivity contribution in [1.82, 2.24) is 4.98 Å². The molecule has 3 nitrogen and oxygen atoms in total. The second-order valence-corrected chi connectivity index (χ2v) is 4.40. The van der Waals surface area contributed by atoms with Crippen molar-refractivity contribution in [2.75, 3.05) is 11.9 Å². The fourth-order valence-electron chi connectivity index (χ4n) is 1.34. The maximum atomic E-state index is 5.25. The second-order valence-electron chi connectivity index (χ2n) is 3.33. The molecular weight excluding hydrogens is 220 g/mol. The average Bonchev–Trinajstić information content (AvgIpc) is 2.66. The highest BCUT2D eigenvalue weighted by atomic mass is 32.2. The third-order valence-corrected chi connectivity index (χ3v) is 3.19. The van der Waals surface area contributed by atoms with Crippen molar-refractivity contribution in [2.45, 2.75) is 23.8 Å². The molecule has 1 N–H and O–H groups in total. The first kappa shape index (κ1) is 11.1. The Labute approximate surface area is 99.3 Å². The van der Waals surface area contributed by atoms with Gasteiger partial charge < -0.3 is 9.73 Å². The Balaban J connectivity index is 2.15. The van der Waals surface area contributed by atoms with Gasteiger partial charge in [-0.2, -0.15) is 0 Å². The van der Waals surface area contributed by atoms with Crippen LogP contribution in [0.4, 0.5) is 5.82 Å². The molecule has 16 heavy (non-hydrogen) atoms. The van der Waals surface area contributed by atoms with E-state index in [0.29, 0.717) is 0 Å². The fraction of sp³-hybridized carbons (Fsp3) is 0.250. The lowest BCUT2D eigenvalue weighted by Crippen LogP contribution is -1.98. The minimum Gasteiger partial charge on any atom is -0.468 e. The average molecular weight is 234 g/mol. The first-order valence-corrected chi connectivity index (χ1v) is 6.04. The van der Waals surface area contributed by atoms with Gasteiger partial charge in [0.25, 0.3) is 0 Å². The SMILES string of the molecule is CCNc1cccc(Sc2ccoc2C)n1. The van der Waals surface area contributed by atoms with Crippen molar-refractivity contribution in [3.8, 4) is 0 Å². The molecule has 0 atom stereocenters. The molecular formula is C12H14N2OS. The first-order chi connectivity index (χ1) is 7.79. The third-order valence-electron chi connectivity index (χ3n) is 2.11. The van der Waals surface area contributed by atoms with E-state index in [2.05, 4.69) is 17.2 Å². The molecule has 0 unspecified atom stereocenters. The molecule has 2 aromatic rings. The van der Waals surface area contributed by atoms with Gasteiger partial charge in [0, 0.05) is 6.54 Å². The number of nitrogens with one attached hydrogen (secondary N) is 1. The van der Waals surface area contributed by atoms with Crippen molar-refractivity contribution in [1.29, 1.82) is 0 Å². The molecule has 84 valence electrons. The van der Waals surface area contributed by atoms with E-state index in [9.17, 15) is 0 Å². The summed E-state index contributed by atoms with van der Waals surface area (Å²) >= 11 is 1.62. The van der Waals surface area contributed by atoms with Gasteiger partial charge in [0.1, 0.15) is 16.6 Å². The number of furan rings is 1. The highest BCUT2D eigenvalue weighted by Crippen LogP contribution is 2.29. The van der Waals surface area contributed by atoms with Crippen LogP contribution in [-0.2, 0) is 0 Å². The predicted molar refractivity (Wildman–Crippen MR) is 66.0 cm³/mol. The molecule has 4 heteroatoms. The van der Waals surface area contributed by atoms with E-state index < -0.39 is 0 Å². The number of anilines is 1. The van der Waals surface area contributed by atoms with E-state index in [1.807, 2.05) is 31.2 Å². The Hall–Kier alpha value is -1.42. The van der Waals surface area contributed by atoms with Crippen molar-refractivity contribution in [3.63, 3.8) is 0 Å². The number of hydrogen-bond donors (Lipinski definition) is 1. The molecule has 0 fully saturated rings. The quantitative estimate of drug-likeness (QED) is 0.877. The van der Waals surface area contributed by atoms with E-state index in [-0.39, 0.29) is 0 Å². The van der Waals surface area contributed by atoms with Crippen LogP contribution in [0.1, 0.15) is 12.7 Å². The van der Waals surface area contributed by atoms with Crippen LogP contribution in [0.5, 0.6) is 0 Å². The predicted octanol–water partition coefficient (Wildman–Crippen LogP) is 3.57. The summed E-state index contributed by atoms with van der Waals surface area (Å²) in [6.45, 7) is 4.89. The van der Waals surface area contributed by atoms with Crippen LogP contribution in [-0.4, -0.2) is 11.5 Å². The van der Waals surface area contributed by atoms with E-state index in [1.54, 1.807) is 18.0 Å². The monoisotopic (exact) mass is 234 g/mol. The van der Waals surface area contributed by atoms with E-state index in [4.69, 9.17) is 4.42 Å². The largest absolute Gasteiger partial charge is 0.468 e. The van der Waals surface area contributed by atoms with Gasteiger partial charge in [0.05, 0.1) is 11.2 Å². The van der Waals surface area contributed by atoms with Crippen molar-refractivity contribution < 1.29 is 4.42 Å². The first-order valence-electron chi connectivity index (χ1n) is 5.22. The van der Waals surface area contributed by atoms with Gasteiger partial charge in [-0.1, -0.05) is 17.8 Å². The summed E-state index contributed by atoms with van der Waals surface area (Å²) in [5.74, 6) is 1.84. The standard InChI is InChI=1S/C12H14N2OS/c1-3-13-11-5-4-6-12(14-11)16-10-7-8-15-9(10)2/h4-8H,3H2,1-2H3,(H,13,14). The Bertz CT molecular complexity index is 468. The lowest BCUT2D eigenvalue weighted by molar-refractivity contribution is 0.527. The maximum absolute atomic E-state index is 5.25. The van der Waals surface area contributed by atoms with Crippen LogP contribution in [0.25, 0.3) is 0 Å². The number of nitrogens with zero attached hydrogens (tertiary/aromatic N) is 1. The van der Waals surface area contributed by atoms with Crippen LogP contribution in [0.2, 0.25) is 0 Å². The Morgan fingerprint density at radius 1 is 1.38 bits per heavy atom. The van der Waals surface area contributed by atoms with Crippen LogP contribution in [0.3, 0.4) is 0 Å². The number of aryl methyl sites for hydroxylation is 1. The third kappa shape index (κ3) is 2.58. The topological polar surface area (TPSA) is 38.1 Å². The van der Waals surface area contributed by atoms with Crippen molar-refractivity contribution >= 4 is 17.6 Å². The Kier molecular flexibility index (Phi) is 3.51. The molecule has 0 aliphatic carbocycles. The summed E-state index contributed by atoms with van der Waals surface area (Å²) in [7, 11) is 0. The molecule has 2 rings (SSSR count). The molecule has 0 saturated heterocycles. The summed E-state index contributed by atoms with van der Waals surface area (Å²) < 4.78 is 5.25. The molecule has 0 aliphatic heterocycles. The molecule has 0 saturated carbocycles. The molecule has 0 radical (unpaired) electrons. The lowest BCUT2D eigenvalue weighted by atomic mass is 10.4. The Morgan fingerprint density at radius 2 is 2.25 bits per heavy atom. The van der Waals surface area contributed by atoms with Gasteiger partial charge in [0.15, 0.2) is 0 Å². The number of pyridine rings is 1. The molecule has 0 aromatic carbocycles. The van der Waals surface area contributed by atoms with Crippen LogP contribution >= 0.6 is 11.8 Å². The van der Waals surface area contributed by atoms with E-state index in [1.165, 1.54) is 0 Å². The summed E-state index contributed by atoms with van der Waals surface area (Å²) in [5, 5.41) is 4.17. The molecule has 2 heterocycles. The summed E-state index contributed by atoms with van der Waals surface area (Å²) in [6, 6.07) is 7.93. The van der Waals surface area contributed by atoms with Gasteiger partial charge in [-0.15, -0.1) is 0 Å². The minimum absolute atomic E-state index is 0.881. The molecule has 0 amide bonds. The van der Waals surface area contributed by atoms with Crippen LogP contribution < -0.4 is 5.32 Å². The fourth-order valence-corrected chi connectivity index (χ4v) is 2.17. The molecule has 2 aromatic heterocycles. The van der Waals surface area contributed by atoms with E-state index >= 15 is 0 Å². The number of aromatic nitrogens is 1. The number of rotatable bonds is 4. The van der Waals surface area contributed by atoms with Gasteiger partial charge in [-0.05, 0) is 32.0 Å². The van der Waals surface area contributed by atoms with Crippen molar-refractivity contribution in [3.05, 3.63) is 36.3 Å². The summed E-state index contributed by atoms with van der Waals surface area (Å²) in [4.78, 5) is 5.60. The molecule has 0 aliphatic rings.